The summed E-state index contributed by atoms with van der Waals surface area (Å²) in [7, 11) is 3.58. The van der Waals surface area contributed by atoms with Gasteiger partial charge in [0.15, 0.2) is 0 Å². The Balaban J connectivity index is -0.000000695. The van der Waals surface area contributed by atoms with Crippen molar-refractivity contribution in [2.24, 2.45) is 5.92 Å². The van der Waals surface area contributed by atoms with Gasteiger partial charge in [0.05, 0.1) is 26.4 Å². The lowest BCUT2D eigenvalue weighted by atomic mass is 10.0. The molecule has 0 aliphatic carbocycles. The molecule has 0 heterocycles. The number of amides is 2. The van der Waals surface area contributed by atoms with Crippen LogP contribution >= 0.6 is 21.6 Å². The maximum Gasteiger partial charge on any atom is 0.220 e. The number of hydrogen-bond donors (Lipinski definition) is 4. The van der Waals surface area contributed by atoms with E-state index in [1.54, 1.807) is 10.8 Å². The minimum Gasteiger partial charge on any atom is -0.378 e. The van der Waals surface area contributed by atoms with E-state index in [0.29, 0.717) is 70.9 Å². The fraction of sp³-hybridized carbons (Fsp3) is 0.867. The van der Waals surface area contributed by atoms with Crippen LogP contribution in [0.15, 0.2) is 0 Å². The number of nitrogens with one attached hydrogen (secondary N) is 4. The summed E-state index contributed by atoms with van der Waals surface area (Å²) in [4.78, 5) is 44.8. The van der Waals surface area contributed by atoms with Crippen LogP contribution in [-0.4, -0.2) is 99.6 Å². The Hall–Kier alpha value is -1.18. The number of hydrogen-bond acceptors (Lipinski definition) is 10. The highest BCUT2D eigenvalue weighted by Gasteiger charge is 2.09. The van der Waals surface area contributed by atoms with Gasteiger partial charge in [-0.1, -0.05) is 77.0 Å². The summed E-state index contributed by atoms with van der Waals surface area (Å²) in [6, 6.07) is 1.01. The molecule has 0 radical (unpaired) electrons. The third-order valence-corrected chi connectivity index (χ3v) is 7.42. The number of carbonyl (C=O) groups is 4. The normalized spacial score (nSPS) is 10.6. The van der Waals surface area contributed by atoms with Gasteiger partial charge in [0.25, 0.3) is 0 Å². The van der Waals surface area contributed by atoms with Gasteiger partial charge < -0.3 is 35.5 Å². The average molecular weight is 639 g/mol. The summed E-state index contributed by atoms with van der Waals surface area (Å²) in [5.41, 5.74) is 0. The first-order chi connectivity index (χ1) is 20.0. The lowest BCUT2D eigenvalue weighted by Gasteiger charge is -2.09. The summed E-state index contributed by atoms with van der Waals surface area (Å²) >= 11 is 0. The number of carbonyl (C=O) groups excluding carboxylic acids is 4. The van der Waals surface area contributed by atoms with Gasteiger partial charge >= 0.3 is 0 Å². The van der Waals surface area contributed by atoms with E-state index in [-0.39, 0.29) is 35.7 Å². The predicted molar refractivity (Wildman–Crippen MR) is 179 cm³/mol. The van der Waals surface area contributed by atoms with Crippen molar-refractivity contribution < 1.29 is 28.7 Å². The third kappa shape index (κ3) is 41.0. The zero-order valence-corrected chi connectivity index (χ0v) is 29.5. The van der Waals surface area contributed by atoms with E-state index >= 15 is 0 Å². The maximum atomic E-state index is 11.5. The van der Waals surface area contributed by atoms with Crippen molar-refractivity contribution in [1.82, 2.24) is 21.3 Å². The van der Waals surface area contributed by atoms with Crippen LogP contribution in [0.4, 0.5) is 0 Å². The van der Waals surface area contributed by atoms with Crippen LogP contribution in [0.3, 0.4) is 0 Å². The van der Waals surface area contributed by atoms with E-state index in [0.717, 1.165) is 24.6 Å². The number of Topliss-reactive ketones (excluding diaryl/α,β-unsaturated/α-hetero) is 2. The Bertz CT molecular complexity index is 668. The zero-order valence-electron chi connectivity index (χ0n) is 27.9. The molecule has 0 unspecified atom stereocenters. The van der Waals surface area contributed by atoms with Crippen LogP contribution in [-0.2, 0) is 28.7 Å². The molecule has 42 heavy (non-hydrogen) atoms. The SMILES string of the molecule is CC.CC(=O)CCC(=O)NCCSSCCNC(C)C.CC(C)NCCOCCOCCNC(=O)CCC(=O)C(C)C. The van der Waals surface area contributed by atoms with Crippen LogP contribution in [0.5, 0.6) is 0 Å². The van der Waals surface area contributed by atoms with E-state index in [1.807, 2.05) is 38.5 Å². The molecule has 0 spiro atoms. The zero-order chi connectivity index (χ0) is 32.6. The van der Waals surface area contributed by atoms with Crippen LogP contribution in [0.2, 0.25) is 0 Å². The highest BCUT2D eigenvalue weighted by molar-refractivity contribution is 8.76. The Kier molecular flexibility index (Phi) is 37.0. The van der Waals surface area contributed by atoms with E-state index in [4.69, 9.17) is 9.47 Å². The number of rotatable bonds is 25. The van der Waals surface area contributed by atoms with Crippen molar-refractivity contribution in [2.75, 3.05) is 64.1 Å². The molecule has 0 atom stereocenters. The molecule has 0 saturated heterocycles. The van der Waals surface area contributed by atoms with Crippen molar-refractivity contribution in [2.45, 2.75) is 100 Å². The molecule has 0 saturated carbocycles. The molecule has 0 fully saturated rings. The monoisotopic (exact) mass is 638 g/mol. The predicted octanol–water partition coefficient (Wildman–Crippen LogP) is 4.02. The van der Waals surface area contributed by atoms with Gasteiger partial charge in [-0.3, -0.25) is 14.4 Å². The Morgan fingerprint density at radius 1 is 0.595 bits per heavy atom. The molecule has 0 aromatic carbocycles. The topological polar surface area (TPSA) is 135 Å². The van der Waals surface area contributed by atoms with E-state index in [1.165, 1.54) is 6.92 Å². The van der Waals surface area contributed by atoms with Gasteiger partial charge in [-0.2, -0.15) is 0 Å². The maximum absolute atomic E-state index is 11.5. The van der Waals surface area contributed by atoms with Crippen LogP contribution in [0.25, 0.3) is 0 Å². The molecule has 0 aliphatic rings. The molecule has 250 valence electrons. The first-order valence-electron chi connectivity index (χ1n) is 15.4. The highest BCUT2D eigenvalue weighted by atomic mass is 33.1. The summed E-state index contributed by atoms with van der Waals surface area (Å²) < 4.78 is 10.7. The second-order valence-electron chi connectivity index (χ2n) is 10.1. The molecule has 10 nitrogen and oxygen atoms in total. The summed E-state index contributed by atoms with van der Waals surface area (Å²) in [6.45, 7) is 22.8. The average Bonchev–Trinajstić information content (AvgIpc) is 2.94. The standard InChI is InChI=1S/C16H32N2O4.C12H24N2O2S2.C2H6/c1-13(2)15(19)5-6-16(20)18-8-10-22-12-11-21-9-7-17-14(3)4;1-10(2)13-6-8-17-18-9-7-14-12(16)5-4-11(3)15;1-2/h13-14,17H,5-12H2,1-4H3,(H,18,20);10,13H,4-9H2,1-3H3,(H,14,16);1-2H3. The van der Waals surface area contributed by atoms with Gasteiger partial charge in [0.1, 0.15) is 11.6 Å². The molecule has 0 bridgehead atoms. The molecule has 12 heteroatoms. The second kappa shape index (κ2) is 34.3. The van der Waals surface area contributed by atoms with Crippen LogP contribution < -0.4 is 21.3 Å². The minimum absolute atomic E-state index is 0.00753. The fourth-order valence-electron chi connectivity index (χ4n) is 2.74. The Labute approximate surface area is 264 Å². The first-order valence-corrected chi connectivity index (χ1v) is 17.9. The van der Waals surface area contributed by atoms with E-state index in [9.17, 15) is 19.2 Å². The van der Waals surface area contributed by atoms with Crippen molar-refractivity contribution >= 4 is 45.0 Å². The molecular formula is C30H62N4O6S2. The van der Waals surface area contributed by atoms with Crippen molar-refractivity contribution in [1.29, 1.82) is 0 Å². The molecule has 0 rings (SSSR count). The van der Waals surface area contributed by atoms with Crippen LogP contribution in [0.1, 0.15) is 88.0 Å². The molecule has 0 aliphatic heterocycles. The van der Waals surface area contributed by atoms with Gasteiger partial charge in [-0.05, 0) is 6.92 Å². The lowest BCUT2D eigenvalue weighted by Crippen LogP contribution is -2.28. The summed E-state index contributed by atoms with van der Waals surface area (Å²) in [6.07, 6.45) is 1.21. The van der Waals surface area contributed by atoms with Crippen LogP contribution in [0, 0.1) is 5.92 Å². The van der Waals surface area contributed by atoms with Gasteiger partial charge in [0, 0.05) is 81.4 Å². The van der Waals surface area contributed by atoms with Crippen molar-refractivity contribution in [3.05, 3.63) is 0 Å². The third-order valence-electron chi connectivity index (χ3n) is 5.01. The summed E-state index contributed by atoms with van der Waals surface area (Å²) in [5.74, 6) is 2.01. The van der Waals surface area contributed by atoms with E-state index < -0.39 is 0 Å². The molecular weight excluding hydrogens is 576 g/mol. The number of ketones is 2. The minimum atomic E-state index is -0.103. The van der Waals surface area contributed by atoms with E-state index in [2.05, 4.69) is 49.0 Å². The fourth-order valence-corrected chi connectivity index (χ4v) is 4.56. The van der Waals surface area contributed by atoms with Crippen molar-refractivity contribution in [3.63, 3.8) is 0 Å². The molecule has 2 amide bonds. The molecule has 0 aromatic heterocycles. The smallest absolute Gasteiger partial charge is 0.220 e. The number of ether oxygens (including phenoxy) is 2. The summed E-state index contributed by atoms with van der Waals surface area (Å²) in [5, 5.41) is 12.1. The van der Waals surface area contributed by atoms with Crippen molar-refractivity contribution in [3.8, 4) is 0 Å². The van der Waals surface area contributed by atoms with Gasteiger partial charge in [-0.25, -0.2) is 0 Å². The first kappa shape index (κ1) is 45.3. The highest BCUT2D eigenvalue weighted by Crippen LogP contribution is 2.19. The Morgan fingerprint density at radius 3 is 1.55 bits per heavy atom. The van der Waals surface area contributed by atoms with Gasteiger partial charge in [0.2, 0.25) is 11.8 Å². The van der Waals surface area contributed by atoms with Gasteiger partial charge in [-0.15, -0.1) is 0 Å². The quantitative estimate of drug-likeness (QED) is 0.0858. The molecule has 4 N–H and O–H groups in total. The largest absolute Gasteiger partial charge is 0.378 e. The molecule has 0 aromatic rings. The lowest BCUT2D eigenvalue weighted by molar-refractivity contribution is -0.126. The second-order valence-corrected chi connectivity index (χ2v) is 12.8. The Morgan fingerprint density at radius 2 is 1.05 bits per heavy atom.